The van der Waals surface area contributed by atoms with Gasteiger partial charge in [0.15, 0.2) is 0 Å². The Bertz CT molecular complexity index is 349. The number of nitrogens with one attached hydrogen (secondary N) is 1. The van der Waals surface area contributed by atoms with Crippen LogP contribution in [-0.2, 0) is 4.79 Å². The van der Waals surface area contributed by atoms with E-state index in [9.17, 15) is 4.79 Å². The predicted octanol–water partition coefficient (Wildman–Crippen LogP) is 1.60. The number of halogens is 2. The van der Waals surface area contributed by atoms with Crippen LogP contribution >= 0.6 is 24.8 Å². The predicted molar refractivity (Wildman–Crippen MR) is 84.0 cm³/mol. The van der Waals surface area contributed by atoms with Gasteiger partial charge in [-0.3, -0.25) is 9.69 Å². The van der Waals surface area contributed by atoms with Crippen LogP contribution < -0.4 is 11.1 Å². The Morgan fingerprint density at radius 1 is 1.32 bits per heavy atom. The molecule has 6 heteroatoms. The van der Waals surface area contributed by atoms with Crippen molar-refractivity contribution >= 4 is 30.7 Å². The van der Waals surface area contributed by atoms with Crippen LogP contribution in [0, 0.1) is 0 Å². The third-order valence-corrected chi connectivity index (χ3v) is 2.75. The van der Waals surface area contributed by atoms with Crippen LogP contribution in [0.1, 0.15) is 18.5 Å². The molecule has 1 rings (SSSR count). The molecule has 1 aromatic carbocycles. The highest BCUT2D eigenvalue weighted by molar-refractivity contribution is 5.85. The molecule has 0 saturated heterocycles. The molecule has 0 aliphatic heterocycles. The van der Waals surface area contributed by atoms with E-state index in [0.29, 0.717) is 13.1 Å². The standard InChI is InChI=1S/C13H21N3O.2ClH/c1-3-16(2)12(13(17)15-10-9-14)11-7-5-4-6-8-11;;/h4-8,12H,3,9-10,14H2,1-2H3,(H,15,17);2*1H. The van der Waals surface area contributed by atoms with Gasteiger partial charge in [-0.25, -0.2) is 0 Å². The van der Waals surface area contributed by atoms with Crippen molar-refractivity contribution in [1.82, 2.24) is 10.2 Å². The molecule has 0 radical (unpaired) electrons. The molecule has 1 atom stereocenters. The zero-order chi connectivity index (χ0) is 12.7. The van der Waals surface area contributed by atoms with Crippen molar-refractivity contribution in [2.75, 3.05) is 26.7 Å². The van der Waals surface area contributed by atoms with Gasteiger partial charge in [0.1, 0.15) is 6.04 Å². The Morgan fingerprint density at radius 2 is 1.89 bits per heavy atom. The molecule has 4 nitrogen and oxygen atoms in total. The van der Waals surface area contributed by atoms with Gasteiger partial charge in [0, 0.05) is 13.1 Å². The van der Waals surface area contributed by atoms with E-state index in [4.69, 9.17) is 5.73 Å². The fourth-order valence-corrected chi connectivity index (χ4v) is 1.72. The molecule has 0 heterocycles. The molecule has 0 aliphatic rings. The van der Waals surface area contributed by atoms with E-state index in [-0.39, 0.29) is 36.8 Å². The van der Waals surface area contributed by atoms with Gasteiger partial charge < -0.3 is 11.1 Å². The first-order valence-corrected chi connectivity index (χ1v) is 5.93. The van der Waals surface area contributed by atoms with Gasteiger partial charge in [0.25, 0.3) is 0 Å². The van der Waals surface area contributed by atoms with Crippen molar-refractivity contribution in [3.63, 3.8) is 0 Å². The van der Waals surface area contributed by atoms with Crippen molar-refractivity contribution in [2.24, 2.45) is 5.73 Å². The number of nitrogens with zero attached hydrogens (tertiary/aromatic N) is 1. The van der Waals surface area contributed by atoms with E-state index in [0.717, 1.165) is 12.1 Å². The van der Waals surface area contributed by atoms with Crippen LogP contribution in [0.5, 0.6) is 0 Å². The molecule has 0 aliphatic carbocycles. The van der Waals surface area contributed by atoms with E-state index in [1.165, 1.54) is 0 Å². The molecule has 0 aromatic heterocycles. The number of hydrogen-bond donors (Lipinski definition) is 2. The van der Waals surface area contributed by atoms with Gasteiger partial charge in [0.05, 0.1) is 0 Å². The summed E-state index contributed by atoms with van der Waals surface area (Å²) >= 11 is 0. The zero-order valence-corrected chi connectivity index (χ0v) is 13.0. The average molecular weight is 308 g/mol. The van der Waals surface area contributed by atoms with Crippen molar-refractivity contribution in [3.8, 4) is 0 Å². The SMILES string of the molecule is CCN(C)C(C(=O)NCCN)c1ccccc1.Cl.Cl. The lowest BCUT2D eigenvalue weighted by Crippen LogP contribution is -2.40. The van der Waals surface area contributed by atoms with Crippen LogP contribution in [0.2, 0.25) is 0 Å². The maximum atomic E-state index is 12.1. The molecule has 0 fully saturated rings. The van der Waals surface area contributed by atoms with Gasteiger partial charge in [-0.2, -0.15) is 0 Å². The Hall–Kier alpha value is -0.810. The molecule has 3 N–H and O–H groups in total. The molecular formula is C13H23Cl2N3O. The maximum absolute atomic E-state index is 12.1. The minimum Gasteiger partial charge on any atom is -0.353 e. The Morgan fingerprint density at radius 3 is 2.37 bits per heavy atom. The topological polar surface area (TPSA) is 58.4 Å². The molecule has 1 unspecified atom stereocenters. The summed E-state index contributed by atoms with van der Waals surface area (Å²) in [6.45, 7) is 3.82. The van der Waals surface area contributed by atoms with E-state index in [2.05, 4.69) is 5.32 Å². The summed E-state index contributed by atoms with van der Waals surface area (Å²) in [7, 11) is 1.94. The van der Waals surface area contributed by atoms with Crippen molar-refractivity contribution in [1.29, 1.82) is 0 Å². The Labute approximate surface area is 127 Å². The van der Waals surface area contributed by atoms with Crippen LogP contribution in [0.4, 0.5) is 0 Å². The highest BCUT2D eigenvalue weighted by Gasteiger charge is 2.23. The van der Waals surface area contributed by atoms with Crippen LogP contribution in [0.3, 0.4) is 0 Å². The number of rotatable bonds is 6. The third-order valence-electron chi connectivity index (χ3n) is 2.75. The van der Waals surface area contributed by atoms with Crippen molar-refractivity contribution in [3.05, 3.63) is 35.9 Å². The minimum atomic E-state index is -0.243. The molecule has 110 valence electrons. The summed E-state index contributed by atoms with van der Waals surface area (Å²) < 4.78 is 0. The van der Waals surface area contributed by atoms with Crippen molar-refractivity contribution in [2.45, 2.75) is 13.0 Å². The van der Waals surface area contributed by atoms with E-state index < -0.39 is 0 Å². The lowest BCUT2D eigenvalue weighted by atomic mass is 10.0. The molecule has 1 amide bonds. The minimum absolute atomic E-state index is 0. The normalized spacial score (nSPS) is 11.2. The maximum Gasteiger partial charge on any atom is 0.241 e. The highest BCUT2D eigenvalue weighted by Crippen LogP contribution is 2.18. The molecule has 1 aromatic rings. The number of likely N-dealkylation sites (N-methyl/N-ethyl adjacent to an activating group) is 1. The smallest absolute Gasteiger partial charge is 0.241 e. The lowest BCUT2D eigenvalue weighted by molar-refractivity contribution is -0.126. The average Bonchev–Trinajstić information content (AvgIpc) is 2.37. The summed E-state index contributed by atoms with van der Waals surface area (Å²) in [5.41, 5.74) is 6.40. The molecule has 19 heavy (non-hydrogen) atoms. The first kappa shape index (κ1) is 20.5. The number of carbonyl (C=O) groups is 1. The number of benzene rings is 1. The number of hydrogen-bond acceptors (Lipinski definition) is 3. The second-order valence-electron chi connectivity index (χ2n) is 3.97. The van der Waals surface area contributed by atoms with Gasteiger partial charge in [-0.15, -0.1) is 24.8 Å². The molecule has 0 spiro atoms. The van der Waals surface area contributed by atoms with E-state index >= 15 is 0 Å². The fraction of sp³-hybridized carbons (Fsp3) is 0.462. The molecule has 0 saturated carbocycles. The van der Waals surface area contributed by atoms with Crippen LogP contribution in [-0.4, -0.2) is 37.5 Å². The van der Waals surface area contributed by atoms with Crippen molar-refractivity contribution < 1.29 is 4.79 Å². The first-order valence-electron chi connectivity index (χ1n) is 5.93. The van der Waals surface area contributed by atoms with Gasteiger partial charge in [0.2, 0.25) is 5.91 Å². The summed E-state index contributed by atoms with van der Waals surface area (Å²) in [4.78, 5) is 14.1. The van der Waals surface area contributed by atoms with Gasteiger partial charge >= 0.3 is 0 Å². The Kier molecular flexibility index (Phi) is 11.9. The van der Waals surface area contributed by atoms with E-state index in [1.807, 2.05) is 49.2 Å². The van der Waals surface area contributed by atoms with Crippen LogP contribution in [0.15, 0.2) is 30.3 Å². The lowest BCUT2D eigenvalue weighted by Gasteiger charge is -2.26. The Balaban J connectivity index is 0. The fourth-order valence-electron chi connectivity index (χ4n) is 1.72. The number of nitrogens with two attached hydrogens (primary N) is 1. The largest absolute Gasteiger partial charge is 0.353 e. The first-order chi connectivity index (χ1) is 8.20. The van der Waals surface area contributed by atoms with Crippen LogP contribution in [0.25, 0.3) is 0 Å². The quantitative estimate of drug-likeness (QED) is 0.839. The highest BCUT2D eigenvalue weighted by atomic mass is 35.5. The third kappa shape index (κ3) is 6.25. The summed E-state index contributed by atoms with van der Waals surface area (Å²) in [5, 5.41) is 2.84. The second-order valence-corrected chi connectivity index (χ2v) is 3.97. The second kappa shape index (κ2) is 11.1. The molecule has 0 bridgehead atoms. The summed E-state index contributed by atoms with van der Waals surface area (Å²) in [5.74, 6) is 0.00556. The van der Waals surface area contributed by atoms with Gasteiger partial charge in [-0.05, 0) is 19.2 Å². The van der Waals surface area contributed by atoms with Gasteiger partial charge in [-0.1, -0.05) is 37.3 Å². The zero-order valence-electron chi connectivity index (χ0n) is 11.3. The summed E-state index contributed by atoms with van der Waals surface area (Å²) in [6, 6.07) is 9.54. The summed E-state index contributed by atoms with van der Waals surface area (Å²) in [6.07, 6.45) is 0. The number of carbonyl (C=O) groups excluding carboxylic acids is 1. The number of amides is 1. The monoisotopic (exact) mass is 307 g/mol. The van der Waals surface area contributed by atoms with E-state index in [1.54, 1.807) is 0 Å². The molecular weight excluding hydrogens is 285 g/mol.